The van der Waals surface area contributed by atoms with Crippen molar-refractivity contribution in [3.8, 4) is 5.75 Å². The lowest BCUT2D eigenvalue weighted by Gasteiger charge is -2.29. The maximum atomic E-state index is 12.1. The normalized spacial score (nSPS) is 11.5. The number of aliphatic hydroxyl groups is 2. The summed E-state index contributed by atoms with van der Waals surface area (Å²) >= 11 is 0. The Kier molecular flexibility index (Phi) is 5.84. The van der Waals surface area contributed by atoms with Gasteiger partial charge in [-0.1, -0.05) is 13.0 Å². The molecule has 3 N–H and O–H groups in total. The van der Waals surface area contributed by atoms with Crippen LogP contribution < -0.4 is 10.1 Å². The molecule has 7 heteroatoms. The summed E-state index contributed by atoms with van der Waals surface area (Å²) in [6, 6.07) is 5.28. The predicted molar refractivity (Wildman–Crippen MR) is 67.7 cm³/mol. The van der Waals surface area contributed by atoms with E-state index >= 15 is 0 Å². The zero-order valence-electron chi connectivity index (χ0n) is 11.0. The van der Waals surface area contributed by atoms with E-state index in [1.54, 1.807) is 6.92 Å². The second kappa shape index (κ2) is 7.16. The molecule has 0 atom stereocenters. The van der Waals surface area contributed by atoms with Crippen LogP contribution in [0.3, 0.4) is 0 Å². The van der Waals surface area contributed by atoms with Gasteiger partial charge in [-0.05, 0) is 24.6 Å². The summed E-state index contributed by atoms with van der Waals surface area (Å²) in [6.07, 6.45) is 0.318. The summed E-state index contributed by atoms with van der Waals surface area (Å²) in [6.45, 7) is -2.14. The smallest absolute Gasteiger partial charge is 0.387 e. The second-order valence-electron chi connectivity index (χ2n) is 4.31. The molecule has 5 nitrogen and oxygen atoms in total. The van der Waals surface area contributed by atoms with Gasteiger partial charge in [0.25, 0.3) is 5.91 Å². The van der Waals surface area contributed by atoms with Crippen molar-refractivity contribution in [3.05, 3.63) is 29.8 Å². The third-order valence-electron chi connectivity index (χ3n) is 2.98. The topological polar surface area (TPSA) is 78.8 Å². The van der Waals surface area contributed by atoms with E-state index in [9.17, 15) is 23.8 Å². The van der Waals surface area contributed by atoms with E-state index in [0.29, 0.717) is 6.42 Å². The number of nitrogens with one attached hydrogen (secondary N) is 1. The van der Waals surface area contributed by atoms with Crippen LogP contribution in [0.15, 0.2) is 24.3 Å². The van der Waals surface area contributed by atoms with Gasteiger partial charge >= 0.3 is 6.61 Å². The number of amides is 1. The lowest BCUT2D eigenvalue weighted by atomic mass is 9.98. The first-order valence-electron chi connectivity index (χ1n) is 6.05. The van der Waals surface area contributed by atoms with Gasteiger partial charge in [-0.2, -0.15) is 8.78 Å². The third-order valence-corrected chi connectivity index (χ3v) is 2.98. The largest absolute Gasteiger partial charge is 0.435 e. The first kappa shape index (κ1) is 16.3. The van der Waals surface area contributed by atoms with Crippen molar-refractivity contribution in [2.45, 2.75) is 25.5 Å². The van der Waals surface area contributed by atoms with E-state index in [1.165, 1.54) is 18.2 Å². The van der Waals surface area contributed by atoms with E-state index < -0.39 is 31.3 Å². The summed E-state index contributed by atoms with van der Waals surface area (Å²) in [5.41, 5.74) is -1.04. The van der Waals surface area contributed by atoms with Gasteiger partial charge in [-0.15, -0.1) is 0 Å². The minimum Gasteiger partial charge on any atom is -0.435 e. The second-order valence-corrected chi connectivity index (χ2v) is 4.31. The number of ether oxygens (including phenoxy) is 1. The van der Waals surface area contributed by atoms with Crippen molar-refractivity contribution in [1.29, 1.82) is 0 Å². The third kappa shape index (κ3) is 4.14. The van der Waals surface area contributed by atoms with Crippen LogP contribution in [0.2, 0.25) is 0 Å². The molecule has 0 fully saturated rings. The molecular formula is C13H17F2NO4. The van der Waals surface area contributed by atoms with E-state index in [-0.39, 0.29) is 11.3 Å². The number of benzene rings is 1. The zero-order chi connectivity index (χ0) is 15.2. The molecule has 1 rings (SSSR count). The van der Waals surface area contributed by atoms with Crippen LogP contribution in [0, 0.1) is 0 Å². The molecule has 0 spiro atoms. The molecule has 0 bridgehead atoms. The first-order valence-corrected chi connectivity index (χ1v) is 6.05. The molecule has 112 valence electrons. The van der Waals surface area contributed by atoms with Crippen molar-refractivity contribution in [2.75, 3.05) is 13.2 Å². The Bertz CT molecular complexity index is 441. The quantitative estimate of drug-likeness (QED) is 0.703. The zero-order valence-corrected chi connectivity index (χ0v) is 11.0. The fraction of sp³-hybridized carbons (Fsp3) is 0.462. The summed E-state index contributed by atoms with van der Waals surface area (Å²) < 4.78 is 28.4. The number of hydrogen-bond donors (Lipinski definition) is 3. The highest BCUT2D eigenvalue weighted by atomic mass is 19.3. The molecular weight excluding hydrogens is 272 g/mol. The first-order chi connectivity index (χ1) is 9.46. The number of carbonyl (C=O) groups excluding carboxylic acids is 1. The Hall–Kier alpha value is -1.73. The SMILES string of the molecule is CCC(CO)(CO)NC(=O)c1cccc(OC(F)F)c1. The summed E-state index contributed by atoms with van der Waals surface area (Å²) in [5, 5.41) is 21.0. The lowest BCUT2D eigenvalue weighted by Crippen LogP contribution is -2.53. The van der Waals surface area contributed by atoms with Crippen LogP contribution >= 0.6 is 0 Å². The number of hydrogen-bond acceptors (Lipinski definition) is 4. The molecule has 0 aromatic heterocycles. The molecule has 0 unspecified atom stereocenters. The minimum atomic E-state index is -2.97. The maximum Gasteiger partial charge on any atom is 0.387 e. The molecule has 1 aromatic carbocycles. The number of rotatable bonds is 7. The number of halogens is 2. The Morgan fingerprint density at radius 3 is 2.55 bits per heavy atom. The summed E-state index contributed by atoms with van der Waals surface area (Å²) in [5.74, 6) is -0.725. The van der Waals surface area contributed by atoms with Crippen LogP contribution in [0.25, 0.3) is 0 Å². The Morgan fingerprint density at radius 1 is 1.40 bits per heavy atom. The van der Waals surface area contributed by atoms with Crippen molar-refractivity contribution < 1.29 is 28.5 Å². The van der Waals surface area contributed by atoms with Crippen LogP contribution in [0.1, 0.15) is 23.7 Å². The fourth-order valence-corrected chi connectivity index (χ4v) is 1.57. The van der Waals surface area contributed by atoms with Gasteiger partial charge < -0.3 is 20.3 Å². The average Bonchev–Trinajstić information content (AvgIpc) is 2.44. The lowest BCUT2D eigenvalue weighted by molar-refractivity contribution is -0.0498. The van der Waals surface area contributed by atoms with Crippen molar-refractivity contribution in [3.63, 3.8) is 0 Å². The highest BCUT2D eigenvalue weighted by Gasteiger charge is 2.29. The van der Waals surface area contributed by atoms with Gasteiger partial charge in [0, 0.05) is 5.56 Å². The number of alkyl halides is 2. The van der Waals surface area contributed by atoms with Gasteiger partial charge in [0.15, 0.2) is 0 Å². The maximum absolute atomic E-state index is 12.1. The van der Waals surface area contributed by atoms with Gasteiger partial charge in [0.1, 0.15) is 5.75 Å². The van der Waals surface area contributed by atoms with Crippen LogP contribution in [-0.2, 0) is 0 Å². The standard InChI is InChI=1S/C13H17F2NO4/c1-2-13(7-17,8-18)16-11(19)9-4-3-5-10(6-9)20-12(14)15/h3-6,12,17-18H,2,7-8H2,1H3,(H,16,19). The summed E-state index contributed by atoms with van der Waals surface area (Å²) in [7, 11) is 0. The molecule has 0 saturated heterocycles. The monoisotopic (exact) mass is 289 g/mol. The molecule has 0 radical (unpaired) electrons. The molecule has 1 aromatic rings. The fourth-order valence-electron chi connectivity index (χ4n) is 1.57. The highest BCUT2D eigenvalue weighted by Crippen LogP contribution is 2.17. The minimum absolute atomic E-state index is 0.0999. The molecule has 0 aliphatic heterocycles. The number of carbonyl (C=O) groups is 1. The van der Waals surface area contributed by atoms with Gasteiger partial charge in [-0.25, -0.2) is 0 Å². The van der Waals surface area contributed by atoms with Gasteiger partial charge in [0.05, 0.1) is 18.8 Å². The summed E-state index contributed by atoms with van der Waals surface area (Å²) in [4.78, 5) is 12.0. The van der Waals surface area contributed by atoms with Crippen molar-refractivity contribution >= 4 is 5.91 Å². The van der Waals surface area contributed by atoms with Gasteiger partial charge in [-0.3, -0.25) is 4.79 Å². The molecule has 0 aliphatic carbocycles. The highest BCUT2D eigenvalue weighted by molar-refractivity contribution is 5.95. The average molecular weight is 289 g/mol. The van der Waals surface area contributed by atoms with Gasteiger partial charge in [0.2, 0.25) is 0 Å². The predicted octanol–water partition coefficient (Wildman–Crippen LogP) is 1.15. The molecule has 1 amide bonds. The van der Waals surface area contributed by atoms with E-state index in [1.807, 2.05) is 0 Å². The van der Waals surface area contributed by atoms with E-state index in [4.69, 9.17) is 0 Å². The van der Waals surface area contributed by atoms with Crippen LogP contribution in [0.5, 0.6) is 5.75 Å². The number of aliphatic hydroxyl groups excluding tert-OH is 2. The Balaban J connectivity index is 2.86. The Morgan fingerprint density at radius 2 is 2.05 bits per heavy atom. The van der Waals surface area contributed by atoms with E-state index in [2.05, 4.69) is 10.1 Å². The molecule has 20 heavy (non-hydrogen) atoms. The van der Waals surface area contributed by atoms with Crippen LogP contribution in [-0.4, -0.2) is 41.5 Å². The Labute approximate surface area is 115 Å². The van der Waals surface area contributed by atoms with Crippen molar-refractivity contribution in [2.24, 2.45) is 0 Å². The van der Waals surface area contributed by atoms with E-state index in [0.717, 1.165) is 6.07 Å². The molecule has 0 aliphatic rings. The molecule has 0 saturated carbocycles. The molecule has 0 heterocycles. The van der Waals surface area contributed by atoms with Crippen LogP contribution in [0.4, 0.5) is 8.78 Å². The van der Waals surface area contributed by atoms with Crippen molar-refractivity contribution in [1.82, 2.24) is 5.32 Å².